The molecule has 3 aromatic rings. The maximum atomic E-state index is 13.2. The summed E-state index contributed by atoms with van der Waals surface area (Å²) >= 11 is 0. The third kappa shape index (κ3) is 4.84. The van der Waals surface area contributed by atoms with Gasteiger partial charge in [0.05, 0.1) is 16.2 Å². The van der Waals surface area contributed by atoms with E-state index in [1.165, 1.54) is 42.5 Å². The third-order valence-electron chi connectivity index (χ3n) is 6.60. The third-order valence-corrected chi connectivity index (χ3v) is 8.29. The van der Waals surface area contributed by atoms with Gasteiger partial charge in [-0.05, 0) is 66.8 Å². The number of ketones is 1. The Labute approximate surface area is 212 Å². The number of fused-ring (bicyclic) bond motifs is 2. The summed E-state index contributed by atoms with van der Waals surface area (Å²) in [5, 5.41) is 11.9. The number of Topliss-reactive ketones (excluding diaryl/α,β-unsaturated/α-hetero) is 1. The molecule has 3 N–H and O–H groups in total. The number of aromatic amines is 1. The molecule has 0 bridgehead atoms. The molecule has 2 aliphatic rings. The Morgan fingerprint density at radius 2 is 1.84 bits per heavy atom. The predicted octanol–water partition coefficient (Wildman–Crippen LogP) is 4.16. The number of carbonyl (C=O) groups is 3. The molecule has 1 aliphatic heterocycles. The minimum Gasteiger partial charge on any atom is -0.481 e. The molecule has 0 saturated heterocycles. The van der Waals surface area contributed by atoms with Crippen LogP contribution in [0.5, 0.6) is 0 Å². The Hall–Kier alpha value is -4.05. The fourth-order valence-corrected chi connectivity index (χ4v) is 6.21. The number of carboxylic acid groups (broad SMARTS) is 1. The molecule has 8 nitrogen and oxygen atoms in total. The summed E-state index contributed by atoms with van der Waals surface area (Å²) < 4.78 is 39.4. The van der Waals surface area contributed by atoms with Gasteiger partial charge in [0.2, 0.25) is 0 Å². The summed E-state index contributed by atoms with van der Waals surface area (Å²) in [7, 11) is -3.80. The van der Waals surface area contributed by atoms with Gasteiger partial charge in [0.15, 0.2) is 15.6 Å². The monoisotopic (exact) mass is 522 g/mol. The maximum absolute atomic E-state index is 13.2. The van der Waals surface area contributed by atoms with Crippen molar-refractivity contribution in [3.05, 3.63) is 81.9 Å². The number of benzene rings is 2. The number of hydrogen-bond donors (Lipinski definition) is 3. The van der Waals surface area contributed by atoms with Crippen molar-refractivity contribution in [3.8, 4) is 0 Å². The SMILES string of the molecule is O=C(O)CCc1c(/C=C2\C(=O)Nc3ccc(S(=O)(=O)Cc4ccc(F)cc4)cc32)[nH]c2c1C(=O)CCC2. The van der Waals surface area contributed by atoms with Crippen molar-refractivity contribution in [1.29, 1.82) is 0 Å². The minimum atomic E-state index is -3.80. The lowest BCUT2D eigenvalue weighted by atomic mass is 9.91. The van der Waals surface area contributed by atoms with E-state index in [4.69, 9.17) is 0 Å². The molecule has 0 unspecified atom stereocenters. The first kappa shape index (κ1) is 24.6. The Bertz CT molecular complexity index is 1590. The summed E-state index contributed by atoms with van der Waals surface area (Å²) in [6.07, 6.45) is 3.19. The highest BCUT2D eigenvalue weighted by molar-refractivity contribution is 7.90. The van der Waals surface area contributed by atoms with Crippen LogP contribution in [0.4, 0.5) is 10.1 Å². The molecule has 0 fully saturated rings. The lowest BCUT2D eigenvalue weighted by molar-refractivity contribution is -0.137. The predicted molar refractivity (Wildman–Crippen MR) is 134 cm³/mol. The highest BCUT2D eigenvalue weighted by Gasteiger charge is 2.30. The molecule has 1 amide bonds. The standard InChI is InChI=1S/C27H23FN2O6S/c28-16-6-4-15(5-7-16)14-37(35,36)17-8-10-21-19(12-17)20(27(34)30-21)13-23-18(9-11-25(32)33)26-22(29-23)2-1-3-24(26)31/h4-8,10,12-13,29H,1-3,9,11,14H2,(H,30,34)(H,32,33)/b20-13-. The molecule has 5 rings (SSSR count). The summed E-state index contributed by atoms with van der Waals surface area (Å²) in [6, 6.07) is 9.54. The summed E-state index contributed by atoms with van der Waals surface area (Å²) in [4.78, 5) is 39.9. The van der Waals surface area contributed by atoms with Crippen LogP contribution in [0, 0.1) is 5.82 Å². The van der Waals surface area contributed by atoms with Gasteiger partial charge in [0.25, 0.3) is 5.91 Å². The number of amides is 1. The first-order valence-corrected chi connectivity index (χ1v) is 13.4. The Kier molecular flexibility index (Phi) is 6.28. The highest BCUT2D eigenvalue weighted by Crippen LogP contribution is 2.37. The van der Waals surface area contributed by atoms with Crippen LogP contribution in [0.1, 0.15) is 57.7 Å². The molecule has 0 spiro atoms. The van der Waals surface area contributed by atoms with Crippen LogP contribution in [0.3, 0.4) is 0 Å². The van der Waals surface area contributed by atoms with Crippen LogP contribution in [0.15, 0.2) is 47.4 Å². The van der Waals surface area contributed by atoms with Gasteiger partial charge in [0, 0.05) is 41.0 Å². The van der Waals surface area contributed by atoms with Gasteiger partial charge >= 0.3 is 5.97 Å². The fraction of sp³-hybridized carbons (Fsp3) is 0.222. The topological polar surface area (TPSA) is 133 Å². The van der Waals surface area contributed by atoms with Crippen molar-refractivity contribution >= 4 is 44.8 Å². The second-order valence-corrected chi connectivity index (χ2v) is 11.1. The number of anilines is 1. The largest absolute Gasteiger partial charge is 0.481 e. The summed E-state index contributed by atoms with van der Waals surface area (Å²) in [5.41, 5.74) is 3.69. The van der Waals surface area contributed by atoms with Crippen molar-refractivity contribution in [1.82, 2.24) is 4.98 Å². The van der Waals surface area contributed by atoms with Gasteiger partial charge in [-0.25, -0.2) is 12.8 Å². The van der Waals surface area contributed by atoms with Crippen LogP contribution in [0.25, 0.3) is 11.6 Å². The van der Waals surface area contributed by atoms with E-state index in [9.17, 15) is 32.3 Å². The molecule has 2 heterocycles. The molecule has 0 saturated carbocycles. The smallest absolute Gasteiger partial charge is 0.303 e. The molecule has 0 atom stereocenters. The Morgan fingerprint density at radius 1 is 1.08 bits per heavy atom. The second-order valence-electron chi connectivity index (χ2n) is 9.15. The number of carboxylic acids is 1. The average Bonchev–Trinajstić information content (AvgIpc) is 3.36. The molecule has 0 radical (unpaired) electrons. The van der Waals surface area contributed by atoms with Gasteiger partial charge in [0.1, 0.15) is 5.82 Å². The number of carbonyl (C=O) groups excluding carboxylic acids is 2. The van der Waals surface area contributed by atoms with Crippen LogP contribution in [-0.4, -0.2) is 36.2 Å². The lowest BCUT2D eigenvalue weighted by Crippen LogP contribution is -2.11. The first-order valence-electron chi connectivity index (χ1n) is 11.8. The van der Waals surface area contributed by atoms with E-state index in [0.29, 0.717) is 52.9 Å². The van der Waals surface area contributed by atoms with Crippen molar-refractivity contribution in [3.63, 3.8) is 0 Å². The van der Waals surface area contributed by atoms with E-state index in [-0.39, 0.29) is 34.8 Å². The van der Waals surface area contributed by atoms with E-state index in [1.54, 1.807) is 6.08 Å². The van der Waals surface area contributed by atoms with Crippen molar-refractivity contribution in [2.75, 3.05) is 5.32 Å². The van der Waals surface area contributed by atoms with Crippen molar-refractivity contribution in [2.45, 2.75) is 42.8 Å². The molecule has 190 valence electrons. The number of H-pyrrole nitrogens is 1. The number of aliphatic carboxylic acids is 1. The minimum absolute atomic E-state index is 0.00466. The molecule has 1 aromatic heterocycles. The van der Waals surface area contributed by atoms with Gasteiger partial charge in [-0.3, -0.25) is 14.4 Å². The molecule has 10 heteroatoms. The first-order chi connectivity index (χ1) is 17.6. The summed E-state index contributed by atoms with van der Waals surface area (Å²) in [6.45, 7) is 0. The number of sulfone groups is 1. The summed E-state index contributed by atoms with van der Waals surface area (Å²) in [5.74, 6) is -2.30. The molecule has 37 heavy (non-hydrogen) atoms. The van der Waals surface area contributed by atoms with Crippen LogP contribution >= 0.6 is 0 Å². The highest BCUT2D eigenvalue weighted by atomic mass is 32.2. The Morgan fingerprint density at radius 3 is 2.57 bits per heavy atom. The fourth-order valence-electron chi connectivity index (χ4n) is 4.84. The van der Waals surface area contributed by atoms with Gasteiger partial charge in [-0.2, -0.15) is 0 Å². The van der Waals surface area contributed by atoms with E-state index < -0.39 is 27.5 Å². The van der Waals surface area contributed by atoms with E-state index in [2.05, 4.69) is 10.3 Å². The van der Waals surface area contributed by atoms with Crippen LogP contribution in [0.2, 0.25) is 0 Å². The number of rotatable bonds is 7. The number of aromatic nitrogens is 1. The van der Waals surface area contributed by atoms with Crippen LogP contribution in [-0.2, 0) is 38.0 Å². The molecule has 2 aromatic carbocycles. The normalized spacial score (nSPS) is 16.0. The molecular formula is C27H23FN2O6S. The zero-order chi connectivity index (χ0) is 26.3. The van der Waals surface area contributed by atoms with Gasteiger partial charge in [-0.1, -0.05) is 12.1 Å². The van der Waals surface area contributed by atoms with Crippen molar-refractivity contribution < 1.29 is 32.3 Å². The number of halogens is 1. The lowest BCUT2D eigenvalue weighted by Gasteiger charge is -2.11. The molecule has 1 aliphatic carbocycles. The quantitative estimate of drug-likeness (QED) is 0.399. The average molecular weight is 523 g/mol. The van der Waals surface area contributed by atoms with Crippen molar-refractivity contribution in [2.24, 2.45) is 0 Å². The second kappa shape index (κ2) is 9.44. The van der Waals surface area contributed by atoms with Gasteiger partial charge < -0.3 is 15.4 Å². The number of hydrogen-bond acceptors (Lipinski definition) is 5. The zero-order valence-electron chi connectivity index (χ0n) is 19.6. The van der Waals surface area contributed by atoms with E-state index in [0.717, 1.165) is 5.69 Å². The van der Waals surface area contributed by atoms with E-state index in [1.807, 2.05) is 0 Å². The van der Waals surface area contributed by atoms with Crippen LogP contribution < -0.4 is 5.32 Å². The number of aryl methyl sites for hydroxylation is 1. The van der Waals surface area contributed by atoms with E-state index >= 15 is 0 Å². The molecular weight excluding hydrogens is 499 g/mol. The Balaban J connectivity index is 1.55. The van der Waals surface area contributed by atoms with Gasteiger partial charge in [-0.15, -0.1) is 0 Å². The maximum Gasteiger partial charge on any atom is 0.303 e. The zero-order valence-corrected chi connectivity index (χ0v) is 20.5. The number of nitrogens with one attached hydrogen (secondary N) is 2.